The highest BCUT2D eigenvalue weighted by molar-refractivity contribution is 9.09. The molecule has 0 spiro atoms. The minimum atomic E-state index is -0.446. The maximum atomic E-state index is 6.48. The molecular weight excluding hydrogens is 342 g/mol. The normalized spacial score (nSPS) is 47.3. The first-order valence-corrected chi connectivity index (χ1v) is 7.50. The van der Waals surface area contributed by atoms with E-state index in [0.29, 0.717) is 11.8 Å². The molecule has 0 nitrogen and oxygen atoms in total. The fraction of sp³-hybridized carbons (Fsp3) is 0.800. The summed E-state index contributed by atoms with van der Waals surface area (Å²) in [6.07, 6.45) is 3.32. The van der Waals surface area contributed by atoms with Gasteiger partial charge < -0.3 is 0 Å². The molecule has 0 heterocycles. The minimum Gasteiger partial charge on any atom is -0.122 e. The lowest BCUT2D eigenvalue weighted by molar-refractivity contribution is 0.256. The third kappa shape index (κ3) is 2.98. The topological polar surface area (TPSA) is 0 Å². The number of allylic oxidation sites excluding steroid dienone is 1. The molecule has 1 aliphatic carbocycles. The van der Waals surface area contributed by atoms with Gasteiger partial charge in [0.15, 0.2) is 0 Å². The van der Waals surface area contributed by atoms with Crippen LogP contribution in [0.4, 0.5) is 0 Å². The van der Waals surface area contributed by atoms with Crippen LogP contribution < -0.4 is 0 Å². The summed E-state index contributed by atoms with van der Waals surface area (Å²) in [7, 11) is 0. The quantitative estimate of drug-likeness (QED) is 0.603. The van der Waals surface area contributed by atoms with Crippen molar-refractivity contribution in [1.82, 2.24) is 0 Å². The molecule has 0 N–H and O–H groups in total. The van der Waals surface area contributed by atoms with Gasteiger partial charge in [0.1, 0.15) is 0 Å². The lowest BCUT2D eigenvalue weighted by Crippen LogP contribution is -2.49. The van der Waals surface area contributed by atoms with Gasteiger partial charge in [-0.2, -0.15) is 0 Å². The standard InChI is InChI=1S/C10H13BrCl4/c1-9(2-3-12)5-10(15,6-11)8(14)4-7(9)13/h2-3,7-8H,4-6H2,1H3/b3-2+/t7-,8+,9+,10+/m1/s1. The van der Waals surface area contributed by atoms with Crippen LogP contribution in [0.1, 0.15) is 19.8 Å². The largest absolute Gasteiger partial charge is 0.122 e. The molecule has 5 heteroatoms. The molecule has 1 aliphatic rings. The Balaban J connectivity index is 2.94. The van der Waals surface area contributed by atoms with Crippen molar-refractivity contribution >= 4 is 62.3 Å². The third-order valence-corrected chi connectivity index (χ3v) is 6.40. The van der Waals surface area contributed by atoms with E-state index in [1.807, 2.05) is 6.08 Å². The number of hydrogen-bond acceptors (Lipinski definition) is 0. The van der Waals surface area contributed by atoms with Crippen LogP contribution in [0, 0.1) is 5.41 Å². The van der Waals surface area contributed by atoms with Crippen molar-refractivity contribution in [3.8, 4) is 0 Å². The minimum absolute atomic E-state index is 0.0269. The molecule has 1 saturated carbocycles. The average Bonchev–Trinajstić information content (AvgIpc) is 2.15. The summed E-state index contributed by atoms with van der Waals surface area (Å²) in [6.45, 7) is 2.06. The maximum Gasteiger partial charge on any atom is 0.0715 e. The monoisotopic (exact) mass is 352 g/mol. The Kier molecular flexibility index (Phi) is 5.15. The third-order valence-electron chi connectivity index (χ3n) is 3.03. The number of halogens is 5. The van der Waals surface area contributed by atoms with Crippen LogP contribution in [0.2, 0.25) is 0 Å². The highest BCUT2D eigenvalue weighted by Gasteiger charge is 2.49. The predicted molar refractivity (Wildman–Crippen MR) is 74.0 cm³/mol. The van der Waals surface area contributed by atoms with E-state index >= 15 is 0 Å². The number of alkyl halides is 4. The average molecular weight is 355 g/mol. The van der Waals surface area contributed by atoms with Crippen molar-refractivity contribution < 1.29 is 0 Å². The molecule has 1 rings (SSSR count). The zero-order valence-corrected chi connectivity index (χ0v) is 12.9. The van der Waals surface area contributed by atoms with E-state index in [1.165, 1.54) is 5.54 Å². The Bertz CT molecular complexity index is 258. The number of rotatable bonds is 2. The molecule has 1 fully saturated rings. The smallest absolute Gasteiger partial charge is 0.0715 e. The van der Waals surface area contributed by atoms with Crippen LogP contribution in [0.5, 0.6) is 0 Å². The van der Waals surface area contributed by atoms with Gasteiger partial charge in [0.05, 0.1) is 10.3 Å². The predicted octanol–water partition coefficient (Wildman–Crippen LogP) is 5.13. The summed E-state index contributed by atoms with van der Waals surface area (Å²) in [4.78, 5) is -0.446. The molecule has 0 aliphatic heterocycles. The van der Waals surface area contributed by atoms with Crippen LogP contribution >= 0.6 is 62.3 Å². The SMILES string of the molecule is C[C@]1(/C=C/Cl)C[C@](Cl)(CBr)[C@@H](Cl)C[C@H]1Cl. The van der Waals surface area contributed by atoms with E-state index in [1.54, 1.807) is 0 Å². The second-order valence-corrected chi connectivity index (χ2v) is 6.93. The fourth-order valence-corrected chi connectivity index (χ4v) is 4.15. The van der Waals surface area contributed by atoms with Gasteiger partial charge in [0.2, 0.25) is 0 Å². The Morgan fingerprint density at radius 2 is 2.00 bits per heavy atom. The van der Waals surface area contributed by atoms with Gasteiger partial charge in [-0.15, -0.1) is 34.8 Å². The van der Waals surface area contributed by atoms with E-state index in [0.717, 1.165) is 6.42 Å². The van der Waals surface area contributed by atoms with E-state index in [-0.39, 0.29) is 16.2 Å². The van der Waals surface area contributed by atoms with Gasteiger partial charge in [-0.3, -0.25) is 0 Å². The van der Waals surface area contributed by atoms with Crippen LogP contribution in [-0.2, 0) is 0 Å². The van der Waals surface area contributed by atoms with Crippen LogP contribution in [-0.4, -0.2) is 21.0 Å². The van der Waals surface area contributed by atoms with Crippen molar-refractivity contribution in [3.05, 3.63) is 11.6 Å². The van der Waals surface area contributed by atoms with Gasteiger partial charge in [0.25, 0.3) is 0 Å². The van der Waals surface area contributed by atoms with Gasteiger partial charge in [-0.25, -0.2) is 0 Å². The van der Waals surface area contributed by atoms with Crippen LogP contribution in [0.15, 0.2) is 11.6 Å². The second-order valence-electron chi connectivity index (χ2n) is 4.31. The molecule has 0 radical (unpaired) electrons. The maximum absolute atomic E-state index is 6.48. The van der Waals surface area contributed by atoms with Crippen molar-refractivity contribution in [2.45, 2.75) is 35.4 Å². The Morgan fingerprint density at radius 3 is 2.47 bits per heavy atom. The summed E-state index contributed by atoms with van der Waals surface area (Å²) in [5.41, 5.74) is 1.32. The molecule has 15 heavy (non-hydrogen) atoms. The van der Waals surface area contributed by atoms with Crippen molar-refractivity contribution in [2.24, 2.45) is 5.41 Å². The number of hydrogen-bond donors (Lipinski definition) is 0. The second kappa shape index (κ2) is 5.35. The highest BCUT2D eigenvalue weighted by atomic mass is 79.9. The van der Waals surface area contributed by atoms with Gasteiger partial charge in [-0.05, 0) is 12.8 Å². The van der Waals surface area contributed by atoms with Crippen LogP contribution in [0.25, 0.3) is 0 Å². The first-order chi connectivity index (χ1) is 6.88. The van der Waals surface area contributed by atoms with Crippen molar-refractivity contribution in [2.75, 3.05) is 5.33 Å². The molecule has 0 aromatic carbocycles. The molecule has 0 aromatic heterocycles. The molecule has 0 unspecified atom stereocenters. The Morgan fingerprint density at radius 1 is 1.40 bits per heavy atom. The summed E-state index contributed by atoms with van der Waals surface area (Å²) in [5.74, 6) is 0. The fourth-order valence-electron chi connectivity index (χ4n) is 1.96. The molecule has 88 valence electrons. The van der Waals surface area contributed by atoms with E-state index in [4.69, 9.17) is 46.4 Å². The molecule has 0 amide bonds. The van der Waals surface area contributed by atoms with Crippen LogP contribution in [0.3, 0.4) is 0 Å². The summed E-state index contributed by atoms with van der Waals surface area (Å²) in [6, 6.07) is 0. The van der Waals surface area contributed by atoms with Gasteiger partial charge in [0, 0.05) is 21.7 Å². The summed E-state index contributed by atoms with van der Waals surface area (Å²) < 4.78 is 0. The molecular formula is C10H13BrCl4. The van der Waals surface area contributed by atoms with E-state index < -0.39 is 4.87 Å². The summed E-state index contributed by atoms with van der Waals surface area (Å²) in [5, 5.41) is 0.518. The molecule has 0 saturated heterocycles. The van der Waals surface area contributed by atoms with Gasteiger partial charge >= 0.3 is 0 Å². The first kappa shape index (κ1) is 14.4. The zero-order chi connectivity index (χ0) is 11.7. The molecule has 4 atom stereocenters. The van der Waals surface area contributed by atoms with Gasteiger partial charge in [-0.1, -0.05) is 40.5 Å². The molecule has 0 bridgehead atoms. The van der Waals surface area contributed by atoms with E-state index in [9.17, 15) is 0 Å². The highest BCUT2D eigenvalue weighted by Crippen LogP contribution is 2.50. The van der Waals surface area contributed by atoms with Crippen molar-refractivity contribution in [3.63, 3.8) is 0 Å². The molecule has 0 aromatic rings. The lowest BCUT2D eigenvalue weighted by Gasteiger charge is -2.46. The van der Waals surface area contributed by atoms with E-state index in [2.05, 4.69) is 22.9 Å². The lowest BCUT2D eigenvalue weighted by atomic mass is 9.70. The zero-order valence-electron chi connectivity index (χ0n) is 8.32. The Labute approximate surface area is 119 Å². The van der Waals surface area contributed by atoms with Crippen molar-refractivity contribution in [1.29, 1.82) is 0 Å². The summed E-state index contributed by atoms with van der Waals surface area (Å²) >= 11 is 28.1. The first-order valence-electron chi connectivity index (χ1n) is 4.69. The Hall–Kier alpha value is 1.38.